The largest absolute Gasteiger partial charge is 0.497 e. The molecule has 1 atom stereocenters. The molecule has 0 aliphatic heterocycles. The van der Waals surface area contributed by atoms with Crippen LogP contribution in [0, 0.1) is 5.92 Å². The van der Waals surface area contributed by atoms with Crippen LogP contribution in [-0.4, -0.2) is 18.2 Å². The molecule has 0 aromatic rings. The van der Waals surface area contributed by atoms with Crippen LogP contribution in [0.15, 0.2) is 23.5 Å². The smallest absolute Gasteiger partial charge is 0.310 e. The first-order valence-corrected chi connectivity index (χ1v) is 4.34. The van der Waals surface area contributed by atoms with Gasteiger partial charge in [0, 0.05) is 5.57 Å². The standard InChI is InChI=1S/C10H14O3/c1-7(10(11)12)8-5-3-4-6-9(8)13-2/h5-7H,3-4H2,1-2H3,(H,11,12). The van der Waals surface area contributed by atoms with Gasteiger partial charge in [0.25, 0.3) is 0 Å². The molecule has 72 valence electrons. The second-order valence-electron chi connectivity index (χ2n) is 3.07. The van der Waals surface area contributed by atoms with Gasteiger partial charge < -0.3 is 9.84 Å². The fourth-order valence-electron chi connectivity index (χ4n) is 1.40. The Hall–Kier alpha value is -1.25. The molecule has 1 N–H and O–H groups in total. The number of hydrogen-bond donors (Lipinski definition) is 1. The summed E-state index contributed by atoms with van der Waals surface area (Å²) in [6.45, 7) is 1.67. The third kappa shape index (κ3) is 2.11. The number of carboxylic acid groups (broad SMARTS) is 1. The molecule has 3 heteroatoms. The average Bonchev–Trinajstić information content (AvgIpc) is 2.16. The van der Waals surface area contributed by atoms with E-state index < -0.39 is 11.9 Å². The second-order valence-corrected chi connectivity index (χ2v) is 3.07. The van der Waals surface area contributed by atoms with E-state index >= 15 is 0 Å². The number of aliphatic carboxylic acids is 1. The summed E-state index contributed by atoms with van der Waals surface area (Å²) < 4.78 is 5.10. The van der Waals surface area contributed by atoms with E-state index in [-0.39, 0.29) is 0 Å². The van der Waals surface area contributed by atoms with E-state index in [1.165, 1.54) is 0 Å². The zero-order chi connectivity index (χ0) is 9.84. The van der Waals surface area contributed by atoms with Gasteiger partial charge in [-0.05, 0) is 25.8 Å². The molecule has 0 aromatic heterocycles. The maximum Gasteiger partial charge on any atom is 0.310 e. The number of ether oxygens (including phenoxy) is 1. The summed E-state index contributed by atoms with van der Waals surface area (Å²) in [6, 6.07) is 0. The van der Waals surface area contributed by atoms with E-state index in [1.807, 2.05) is 12.2 Å². The fraction of sp³-hybridized carbons (Fsp3) is 0.500. The number of hydrogen-bond acceptors (Lipinski definition) is 2. The van der Waals surface area contributed by atoms with Gasteiger partial charge in [0.05, 0.1) is 13.0 Å². The van der Waals surface area contributed by atoms with Gasteiger partial charge in [-0.2, -0.15) is 0 Å². The van der Waals surface area contributed by atoms with Gasteiger partial charge in [0.15, 0.2) is 0 Å². The second kappa shape index (κ2) is 4.12. The molecule has 1 unspecified atom stereocenters. The molecule has 0 amide bonds. The Morgan fingerprint density at radius 3 is 2.69 bits per heavy atom. The van der Waals surface area contributed by atoms with Crippen LogP contribution >= 0.6 is 0 Å². The zero-order valence-corrected chi connectivity index (χ0v) is 7.91. The van der Waals surface area contributed by atoms with E-state index in [4.69, 9.17) is 9.84 Å². The SMILES string of the molecule is COC1=CCCC=C1C(C)C(=O)O. The van der Waals surface area contributed by atoms with Gasteiger partial charge in [-0.3, -0.25) is 4.79 Å². The van der Waals surface area contributed by atoms with Crippen molar-refractivity contribution < 1.29 is 14.6 Å². The number of rotatable bonds is 3. The highest BCUT2D eigenvalue weighted by Crippen LogP contribution is 2.25. The molecule has 0 radical (unpaired) electrons. The third-order valence-electron chi connectivity index (χ3n) is 2.20. The van der Waals surface area contributed by atoms with Crippen LogP contribution in [-0.2, 0) is 9.53 Å². The summed E-state index contributed by atoms with van der Waals surface area (Å²) in [7, 11) is 1.57. The lowest BCUT2D eigenvalue weighted by molar-refractivity contribution is -0.139. The number of allylic oxidation sites excluding steroid dienone is 3. The summed E-state index contributed by atoms with van der Waals surface area (Å²) in [5.41, 5.74) is 0.793. The van der Waals surface area contributed by atoms with E-state index in [9.17, 15) is 4.79 Å². The quantitative estimate of drug-likeness (QED) is 0.725. The molecule has 1 aliphatic carbocycles. The van der Waals surface area contributed by atoms with Crippen molar-refractivity contribution in [3.63, 3.8) is 0 Å². The van der Waals surface area contributed by atoms with Crippen LogP contribution < -0.4 is 0 Å². The Morgan fingerprint density at radius 2 is 2.15 bits per heavy atom. The Morgan fingerprint density at radius 1 is 1.54 bits per heavy atom. The molecule has 3 nitrogen and oxygen atoms in total. The van der Waals surface area contributed by atoms with Gasteiger partial charge in [0.2, 0.25) is 0 Å². The van der Waals surface area contributed by atoms with E-state index in [2.05, 4.69) is 0 Å². The first kappa shape index (κ1) is 9.84. The van der Waals surface area contributed by atoms with Crippen molar-refractivity contribution in [1.82, 2.24) is 0 Å². The van der Waals surface area contributed by atoms with Crippen molar-refractivity contribution in [2.75, 3.05) is 7.11 Å². The first-order valence-electron chi connectivity index (χ1n) is 4.34. The molecule has 0 saturated heterocycles. The summed E-state index contributed by atoms with van der Waals surface area (Å²) in [4.78, 5) is 10.7. The fourth-order valence-corrected chi connectivity index (χ4v) is 1.40. The molecule has 0 heterocycles. The molecular formula is C10H14O3. The van der Waals surface area contributed by atoms with Crippen molar-refractivity contribution in [1.29, 1.82) is 0 Å². The van der Waals surface area contributed by atoms with Crippen LogP contribution in [0.3, 0.4) is 0 Å². The Kier molecular flexibility index (Phi) is 3.12. The Balaban J connectivity index is 2.83. The van der Waals surface area contributed by atoms with E-state index in [0.29, 0.717) is 5.76 Å². The molecular weight excluding hydrogens is 168 g/mol. The predicted molar refractivity (Wildman–Crippen MR) is 49.2 cm³/mol. The number of methoxy groups -OCH3 is 1. The highest BCUT2D eigenvalue weighted by Gasteiger charge is 2.21. The highest BCUT2D eigenvalue weighted by molar-refractivity contribution is 5.74. The lowest BCUT2D eigenvalue weighted by Crippen LogP contribution is -2.15. The van der Waals surface area contributed by atoms with Crippen molar-refractivity contribution in [3.05, 3.63) is 23.5 Å². The minimum atomic E-state index is -0.809. The van der Waals surface area contributed by atoms with Crippen LogP contribution in [0.2, 0.25) is 0 Å². The molecule has 0 spiro atoms. The highest BCUT2D eigenvalue weighted by atomic mass is 16.5. The number of carboxylic acids is 1. The summed E-state index contributed by atoms with van der Waals surface area (Å²) in [5.74, 6) is -0.580. The minimum absolute atomic E-state index is 0.480. The van der Waals surface area contributed by atoms with Crippen LogP contribution in [0.5, 0.6) is 0 Å². The predicted octanol–water partition coefficient (Wildman–Crippen LogP) is 1.96. The maximum atomic E-state index is 10.7. The minimum Gasteiger partial charge on any atom is -0.497 e. The molecule has 0 fully saturated rings. The molecule has 0 saturated carbocycles. The van der Waals surface area contributed by atoms with Gasteiger partial charge in [-0.15, -0.1) is 0 Å². The first-order chi connectivity index (χ1) is 6.16. The van der Waals surface area contributed by atoms with Crippen LogP contribution in [0.1, 0.15) is 19.8 Å². The lowest BCUT2D eigenvalue weighted by atomic mass is 9.94. The summed E-state index contributed by atoms with van der Waals surface area (Å²) in [5, 5.41) is 8.82. The summed E-state index contributed by atoms with van der Waals surface area (Å²) >= 11 is 0. The molecule has 1 aliphatic rings. The Labute approximate surface area is 77.7 Å². The van der Waals surface area contributed by atoms with Crippen LogP contribution in [0.25, 0.3) is 0 Å². The molecule has 0 aromatic carbocycles. The lowest BCUT2D eigenvalue weighted by Gasteiger charge is -2.17. The normalized spacial score (nSPS) is 18.6. The molecule has 1 rings (SSSR count). The van der Waals surface area contributed by atoms with Gasteiger partial charge in [-0.25, -0.2) is 0 Å². The van der Waals surface area contributed by atoms with Crippen LogP contribution in [0.4, 0.5) is 0 Å². The van der Waals surface area contributed by atoms with Gasteiger partial charge >= 0.3 is 5.97 Å². The molecule has 13 heavy (non-hydrogen) atoms. The topological polar surface area (TPSA) is 46.5 Å². The van der Waals surface area contributed by atoms with Gasteiger partial charge in [0.1, 0.15) is 5.76 Å². The monoisotopic (exact) mass is 182 g/mol. The average molecular weight is 182 g/mol. The molecule has 0 bridgehead atoms. The van der Waals surface area contributed by atoms with E-state index in [0.717, 1.165) is 18.4 Å². The summed E-state index contributed by atoms with van der Waals surface area (Å²) in [6.07, 6.45) is 5.71. The zero-order valence-electron chi connectivity index (χ0n) is 7.91. The van der Waals surface area contributed by atoms with Crippen molar-refractivity contribution in [3.8, 4) is 0 Å². The Bertz CT molecular complexity index is 263. The van der Waals surface area contributed by atoms with Gasteiger partial charge in [-0.1, -0.05) is 6.08 Å². The third-order valence-corrected chi connectivity index (χ3v) is 2.20. The number of carbonyl (C=O) groups is 1. The van der Waals surface area contributed by atoms with Crippen molar-refractivity contribution >= 4 is 5.97 Å². The maximum absolute atomic E-state index is 10.7. The van der Waals surface area contributed by atoms with Crippen molar-refractivity contribution in [2.45, 2.75) is 19.8 Å². The van der Waals surface area contributed by atoms with Crippen molar-refractivity contribution in [2.24, 2.45) is 5.92 Å². The van der Waals surface area contributed by atoms with E-state index in [1.54, 1.807) is 14.0 Å².